The summed E-state index contributed by atoms with van der Waals surface area (Å²) in [4.78, 5) is 1.91. The van der Waals surface area contributed by atoms with Crippen LogP contribution in [0.5, 0.6) is 0 Å². The molecule has 0 heterocycles. The van der Waals surface area contributed by atoms with Gasteiger partial charge in [-0.1, -0.05) is 23.7 Å². The van der Waals surface area contributed by atoms with Gasteiger partial charge in [0.2, 0.25) is 0 Å². The lowest BCUT2D eigenvalue weighted by Crippen LogP contribution is -2.26. The monoisotopic (exact) mass is 210 g/mol. The Labute approximate surface area is 90.0 Å². The molecule has 1 aromatic carbocycles. The van der Waals surface area contributed by atoms with Gasteiger partial charge in [-0.2, -0.15) is 0 Å². The number of rotatable bonds is 2. The van der Waals surface area contributed by atoms with E-state index in [2.05, 4.69) is 6.92 Å². The minimum absolute atomic E-state index is 0.186. The molecule has 0 saturated heterocycles. The summed E-state index contributed by atoms with van der Waals surface area (Å²) in [7, 11) is 1.91. The number of amidine groups is 1. The zero-order chi connectivity index (χ0) is 10.7. The summed E-state index contributed by atoms with van der Waals surface area (Å²) in [5.41, 5.74) is 1.13. The highest BCUT2D eigenvalue weighted by atomic mass is 35.5. The summed E-state index contributed by atoms with van der Waals surface area (Å²) in [5.74, 6) is 0.553. The molecule has 1 N–H and O–H groups in total. The lowest BCUT2D eigenvalue weighted by atomic mass is 10.1. The van der Waals surface area contributed by atoms with Crippen molar-refractivity contribution in [3.05, 3.63) is 34.9 Å². The van der Waals surface area contributed by atoms with Crippen LogP contribution < -0.4 is 0 Å². The lowest BCUT2D eigenvalue weighted by Gasteiger charge is -2.26. The van der Waals surface area contributed by atoms with Crippen molar-refractivity contribution in [2.24, 2.45) is 0 Å². The summed E-state index contributed by atoms with van der Waals surface area (Å²) in [5, 5.41) is 8.27. The second-order valence-electron chi connectivity index (χ2n) is 3.43. The number of nitrogens with one attached hydrogen (secondary N) is 1. The fourth-order valence-corrected chi connectivity index (χ4v) is 1.48. The van der Waals surface area contributed by atoms with Crippen LogP contribution in [-0.4, -0.2) is 17.8 Å². The third kappa shape index (κ3) is 2.48. The summed E-state index contributed by atoms with van der Waals surface area (Å²) in [6.07, 6.45) is 0. The Morgan fingerprint density at radius 3 is 2.64 bits per heavy atom. The molecule has 0 aromatic heterocycles. The minimum atomic E-state index is 0.186. The van der Waals surface area contributed by atoms with Crippen LogP contribution in [0, 0.1) is 5.41 Å². The zero-order valence-corrected chi connectivity index (χ0v) is 9.47. The number of nitrogens with zero attached hydrogens (tertiary/aromatic N) is 1. The largest absolute Gasteiger partial charge is 0.357 e. The maximum Gasteiger partial charge on any atom is 0.0928 e. The van der Waals surface area contributed by atoms with E-state index < -0.39 is 0 Å². The number of hydrogen-bond donors (Lipinski definition) is 1. The van der Waals surface area contributed by atoms with Crippen LogP contribution in [0.15, 0.2) is 24.3 Å². The molecule has 0 aliphatic heterocycles. The molecular formula is C11H15ClN2. The minimum Gasteiger partial charge on any atom is -0.357 e. The Bertz CT molecular complexity index is 336. The van der Waals surface area contributed by atoms with Gasteiger partial charge in [-0.15, -0.1) is 0 Å². The van der Waals surface area contributed by atoms with Gasteiger partial charge in [-0.3, -0.25) is 5.41 Å². The van der Waals surface area contributed by atoms with Crippen LogP contribution >= 0.6 is 11.6 Å². The fourth-order valence-electron chi connectivity index (χ4n) is 1.28. The molecule has 0 radical (unpaired) electrons. The molecule has 0 bridgehead atoms. The Kier molecular flexibility index (Phi) is 3.53. The molecule has 0 spiro atoms. The van der Waals surface area contributed by atoms with E-state index in [4.69, 9.17) is 17.0 Å². The molecule has 0 aliphatic carbocycles. The highest BCUT2D eigenvalue weighted by molar-refractivity contribution is 6.30. The average molecular weight is 211 g/mol. The summed E-state index contributed by atoms with van der Waals surface area (Å²) >= 11 is 5.90. The molecule has 0 aliphatic rings. The highest BCUT2D eigenvalue weighted by Crippen LogP contribution is 2.21. The highest BCUT2D eigenvalue weighted by Gasteiger charge is 2.11. The Morgan fingerprint density at radius 2 is 2.14 bits per heavy atom. The molecule has 1 unspecified atom stereocenters. The van der Waals surface area contributed by atoms with Crippen LogP contribution in [0.2, 0.25) is 5.02 Å². The average Bonchev–Trinajstić information content (AvgIpc) is 2.15. The molecule has 76 valence electrons. The number of benzene rings is 1. The molecule has 0 amide bonds. The van der Waals surface area contributed by atoms with Gasteiger partial charge < -0.3 is 4.90 Å². The topological polar surface area (TPSA) is 27.1 Å². The molecule has 1 atom stereocenters. The molecule has 3 heteroatoms. The van der Waals surface area contributed by atoms with Crippen molar-refractivity contribution in [3.63, 3.8) is 0 Å². The zero-order valence-electron chi connectivity index (χ0n) is 8.71. The molecule has 1 rings (SSSR count). The first-order valence-electron chi connectivity index (χ1n) is 4.56. The standard InChI is InChI=1S/C11H15ClN2/c1-8(14(3)9(2)13)10-5-4-6-11(12)7-10/h4-8,13H,1-3H3. The van der Waals surface area contributed by atoms with E-state index in [-0.39, 0.29) is 6.04 Å². The van der Waals surface area contributed by atoms with Gasteiger partial charge in [0, 0.05) is 12.1 Å². The van der Waals surface area contributed by atoms with Crippen molar-refractivity contribution in [1.82, 2.24) is 4.90 Å². The van der Waals surface area contributed by atoms with Crippen molar-refractivity contribution in [3.8, 4) is 0 Å². The van der Waals surface area contributed by atoms with Crippen molar-refractivity contribution in [2.75, 3.05) is 7.05 Å². The van der Waals surface area contributed by atoms with Crippen LogP contribution in [0.4, 0.5) is 0 Å². The molecular weight excluding hydrogens is 196 g/mol. The van der Waals surface area contributed by atoms with Crippen LogP contribution in [0.1, 0.15) is 25.5 Å². The second kappa shape index (κ2) is 4.47. The fraction of sp³-hybridized carbons (Fsp3) is 0.364. The van der Waals surface area contributed by atoms with Crippen LogP contribution in [0.25, 0.3) is 0 Å². The Morgan fingerprint density at radius 1 is 1.50 bits per heavy atom. The first kappa shape index (κ1) is 11.1. The van der Waals surface area contributed by atoms with Crippen molar-refractivity contribution in [2.45, 2.75) is 19.9 Å². The van der Waals surface area contributed by atoms with Gasteiger partial charge in [-0.05, 0) is 31.5 Å². The van der Waals surface area contributed by atoms with E-state index in [1.165, 1.54) is 0 Å². The predicted octanol–water partition coefficient (Wildman–Crippen LogP) is 3.33. The van der Waals surface area contributed by atoms with Gasteiger partial charge in [0.05, 0.1) is 11.9 Å². The van der Waals surface area contributed by atoms with Crippen molar-refractivity contribution in [1.29, 1.82) is 5.41 Å². The van der Waals surface area contributed by atoms with Crippen LogP contribution in [0.3, 0.4) is 0 Å². The first-order valence-corrected chi connectivity index (χ1v) is 4.93. The van der Waals surface area contributed by atoms with Gasteiger partial charge >= 0.3 is 0 Å². The molecule has 1 aromatic rings. The summed E-state index contributed by atoms with van der Waals surface area (Å²) in [6.45, 7) is 3.84. The van der Waals surface area contributed by atoms with Gasteiger partial charge in [-0.25, -0.2) is 0 Å². The summed E-state index contributed by atoms with van der Waals surface area (Å²) < 4.78 is 0. The first-order chi connectivity index (χ1) is 6.52. The van der Waals surface area contributed by atoms with Crippen LogP contribution in [-0.2, 0) is 0 Å². The van der Waals surface area contributed by atoms with Gasteiger partial charge in [0.1, 0.15) is 0 Å². The van der Waals surface area contributed by atoms with E-state index in [9.17, 15) is 0 Å². The smallest absolute Gasteiger partial charge is 0.0928 e. The van der Waals surface area contributed by atoms with Gasteiger partial charge in [0.15, 0.2) is 0 Å². The Hall–Kier alpha value is -1.02. The van der Waals surface area contributed by atoms with E-state index >= 15 is 0 Å². The van der Waals surface area contributed by atoms with Crippen molar-refractivity contribution < 1.29 is 0 Å². The maximum absolute atomic E-state index is 7.53. The van der Waals surface area contributed by atoms with E-state index in [0.29, 0.717) is 5.84 Å². The maximum atomic E-state index is 7.53. The summed E-state index contributed by atoms with van der Waals surface area (Å²) in [6, 6.07) is 7.93. The normalized spacial score (nSPS) is 12.3. The predicted molar refractivity (Wildman–Crippen MR) is 61.0 cm³/mol. The molecule has 0 saturated carbocycles. The SMILES string of the molecule is CC(=N)N(C)C(C)c1cccc(Cl)c1. The number of halogens is 1. The van der Waals surface area contributed by atoms with Gasteiger partial charge in [0.25, 0.3) is 0 Å². The third-order valence-corrected chi connectivity index (χ3v) is 2.68. The van der Waals surface area contributed by atoms with E-state index in [0.717, 1.165) is 10.6 Å². The Balaban J connectivity index is 2.89. The number of hydrogen-bond acceptors (Lipinski definition) is 1. The third-order valence-electron chi connectivity index (χ3n) is 2.44. The molecule has 2 nitrogen and oxygen atoms in total. The molecule has 14 heavy (non-hydrogen) atoms. The van der Waals surface area contributed by atoms with Crippen molar-refractivity contribution >= 4 is 17.4 Å². The molecule has 0 fully saturated rings. The van der Waals surface area contributed by atoms with E-state index in [1.807, 2.05) is 36.2 Å². The second-order valence-corrected chi connectivity index (χ2v) is 3.86. The quantitative estimate of drug-likeness (QED) is 0.589. The van der Waals surface area contributed by atoms with E-state index in [1.54, 1.807) is 6.92 Å². The lowest BCUT2D eigenvalue weighted by molar-refractivity contribution is 0.398.